The van der Waals surface area contributed by atoms with Crippen LogP contribution in [0.15, 0.2) is 69.9 Å². The van der Waals surface area contributed by atoms with Gasteiger partial charge in [-0.3, -0.25) is 9.59 Å². The van der Waals surface area contributed by atoms with E-state index in [1.807, 2.05) is 55.5 Å². The average molecular weight is 427 g/mol. The highest BCUT2D eigenvalue weighted by atomic mass is 32.1. The molecule has 3 aromatic heterocycles. The second-order valence-electron chi connectivity index (χ2n) is 7.20. The van der Waals surface area contributed by atoms with Crippen LogP contribution in [-0.4, -0.2) is 20.4 Å². The van der Waals surface area contributed by atoms with E-state index in [2.05, 4.69) is 10.1 Å². The summed E-state index contributed by atoms with van der Waals surface area (Å²) in [5.41, 5.74) is 3.25. The Morgan fingerprint density at radius 1 is 1.06 bits per heavy atom. The molecule has 31 heavy (non-hydrogen) atoms. The summed E-state index contributed by atoms with van der Waals surface area (Å²) in [5, 5.41) is 4.41. The Labute approximate surface area is 181 Å². The smallest absolute Gasteiger partial charge is 0.291 e. The van der Waals surface area contributed by atoms with Crippen molar-refractivity contribution >= 4 is 28.2 Å². The number of nitrogens with zero attached hydrogens (tertiary/aromatic N) is 3. The molecule has 0 saturated heterocycles. The zero-order valence-electron chi connectivity index (χ0n) is 16.8. The van der Waals surface area contributed by atoms with Crippen molar-refractivity contribution < 1.29 is 9.21 Å². The monoisotopic (exact) mass is 427 g/mol. The first-order valence-electron chi connectivity index (χ1n) is 9.68. The van der Waals surface area contributed by atoms with Crippen LogP contribution in [-0.2, 0) is 0 Å². The maximum absolute atomic E-state index is 12.8. The summed E-state index contributed by atoms with van der Waals surface area (Å²) in [6.45, 7) is 3.52. The number of aryl methyl sites for hydroxylation is 1. The molecule has 0 unspecified atom stereocenters. The molecular weight excluding hydrogens is 410 g/mol. The van der Waals surface area contributed by atoms with E-state index in [1.165, 1.54) is 22.8 Å². The molecule has 0 atom stereocenters. The SMILES string of the molecule is CC(=O)c1ccc(-c2ccc(/C=c3\sc4nc(-c5ccccc5C)nn4c3=O)o2)cc1. The summed E-state index contributed by atoms with van der Waals surface area (Å²) in [6, 6.07) is 18.7. The summed E-state index contributed by atoms with van der Waals surface area (Å²) in [6.07, 6.45) is 1.70. The van der Waals surface area contributed by atoms with Crippen molar-refractivity contribution in [1.82, 2.24) is 14.6 Å². The minimum Gasteiger partial charge on any atom is -0.457 e. The molecule has 152 valence electrons. The number of thiazole rings is 1. The molecule has 0 fully saturated rings. The third-order valence-electron chi connectivity index (χ3n) is 5.04. The molecular formula is C24H17N3O3S. The Morgan fingerprint density at radius 2 is 1.84 bits per heavy atom. The first-order chi connectivity index (χ1) is 15.0. The van der Waals surface area contributed by atoms with Gasteiger partial charge in [-0.15, -0.1) is 5.10 Å². The van der Waals surface area contributed by atoms with Gasteiger partial charge >= 0.3 is 0 Å². The summed E-state index contributed by atoms with van der Waals surface area (Å²) in [7, 11) is 0. The Hall–Kier alpha value is -3.84. The number of furan rings is 1. The third kappa shape index (κ3) is 3.49. The van der Waals surface area contributed by atoms with Crippen LogP contribution in [0.25, 0.3) is 33.7 Å². The van der Waals surface area contributed by atoms with E-state index in [0.717, 1.165) is 16.7 Å². The van der Waals surface area contributed by atoms with Crippen molar-refractivity contribution in [2.24, 2.45) is 0 Å². The first kappa shape index (κ1) is 19.1. The highest BCUT2D eigenvalue weighted by molar-refractivity contribution is 7.15. The van der Waals surface area contributed by atoms with Gasteiger partial charge in [0, 0.05) is 22.8 Å². The maximum atomic E-state index is 12.8. The van der Waals surface area contributed by atoms with Gasteiger partial charge in [0.1, 0.15) is 16.1 Å². The lowest BCUT2D eigenvalue weighted by molar-refractivity contribution is 0.101. The lowest BCUT2D eigenvalue weighted by Gasteiger charge is -1.98. The fourth-order valence-corrected chi connectivity index (χ4v) is 4.24. The maximum Gasteiger partial charge on any atom is 0.291 e. The molecule has 6 nitrogen and oxygen atoms in total. The lowest BCUT2D eigenvalue weighted by atomic mass is 10.1. The molecule has 0 radical (unpaired) electrons. The number of fused-ring (bicyclic) bond motifs is 1. The number of benzene rings is 2. The van der Waals surface area contributed by atoms with Crippen molar-refractivity contribution in [2.75, 3.05) is 0 Å². The Kier molecular flexibility index (Phi) is 4.60. The minimum atomic E-state index is -0.226. The number of hydrogen-bond donors (Lipinski definition) is 0. The molecule has 5 aromatic rings. The van der Waals surface area contributed by atoms with Crippen LogP contribution in [0.1, 0.15) is 28.6 Å². The molecule has 5 rings (SSSR count). The van der Waals surface area contributed by atoms with E-state index in [4.69, 9.17) is 4.42 Å². The summed E-state index contributed by atoms with van der Waals surface area (Å²) < 4.78 is 7.72. The van der Waals surface area contributed by atoms with Crippen LogP contribution in [0.3, 0.4) is 0 Å². The van der Waals surface area contributed by atoms with Crippen LogP contribution >= 0.6 is 11.3 Å². The summed E-state index contributed by atoms with van der Waals surface area (Å²) >= 11 is 1.27. The van der Waals surface area contributed by atoms with Gasteiger partial charge in [-0.2, -0.15) is 9.50 Å². The standard InChI is InChI=1S/C24H17N3O3S/c1-14-5-3-4-6-19(14)22-25-24-27(26-22)23(29)21(31-24)13-18-11-12-20(30-18)17-9-7-16(8-10-17)15(2)28/h3-13H,1-2H3/b21-13-. The highest BCUT2D eigenvalue weighted by Gasteiger charge is 2.13. The van der Waals surface area contributed by atoms with Gasteiger partial charge in [-0.25, -0.2) is 0 Å². The number of rotatable bonds is 4. The highest BCUT2D eigenvalue weighted by Crippen LogP contribution is 2.23. The van der Waals surface area contributed by atoms with Crippen molar-refractivity contribution in [3.8, 4) is 22.7 Å². The van der Waals surface area contributed by atoms with Gasteiger partial charge in [0.15, 0.2) is 11.6 Å². The number of Topliss-reactive ketones (excluding diaryl/α,β-unsaturated/α-hetero) is 1. The second-order valence-corrected chi connectivity index (χ2v) is 8.21. The average Bonchev–Trinajstić information content (AvgIpc) is 3.46. The number of carbonyl (C=O) groups excluding carboxylic acids is 1. The number of aromatic nitrogens is 3. The second kappa shape index (κ2) is 7.45. The van der Waals surface area contributed by atoms with E-state index in [1.54, 1.807) is 18.2 Å². The van der Waals surface area contributed by atoms with Crippen molar-refractivity contribution in [3.63, 3.8) is 0 Å². The molecule has 7 heteroatoms. The first-order valence-corrected chi connectivity index (χ1v) is 10.5. The molecule has 0 aliphatic rings. The summed E-state index contributed by atoms with van der Waals surface area (Å²) in [5.74, 6) is 1.79. The molecule has 2 aromatic carbocycles. The number of hydrogen-bond acceptors (Lipinski definition) is 6. The van der Waals surface area contributed by atoms with Gasteiger partial charge in [-0.1, -0.05) is 59.9 Å². The summed E-state index contributed by atoms with van der Waals surface area (Å²) in [4.78, 5) is 29.3. The predicted octanol–water partition coefficient (Wildman–Crippen LogP) is 4.14. The number of carbonyl (C=O) groups is 1. The zero-order valence-corrected chi connectivity index (χ0v) is 17.6. The quantitative estimate of drug-likeness (QED) is 0.403. The molecule has 0 amide bonds. The molecule has 0 N–H and O–H groups in total. The van der Waals surface area contributed by atoms with Gasteiger partial charge < -0.3 is 4.42 Å². The fraction of sp³-hybridized carbons (Fsp3) is 0.0833. The largest absolute Gasteiger partial charge is 0.457 e. The molecule has 0 saturated carbocycles. The lowest BCUT2D eigenvalue weighted by Crippen LogP contribution is -2.23. The normalized spacial score (nSPS) is 12.0. The van der Waals surface area contributed by atoms with Crippen molar-refractivity contribution in [1.29, 1.82) is 0 Å². The predicted molar refractivity (Wildman–Crippen MR) is 120 cm³/mol. The molecule has 3 heterocycles. The van der Waals surface area contributed by atoms with E-state index in [0.29, 0.717) is 32.4 Å². The molecule has 0 aliphatic heterocycles. The van der Waals surface area contributed by atoms with Crippen LogP contribution in [0.5, 0.6) is 0 Å². The molecule has 0 bridgehead atoms. The Morgan fingerprint density at radius 3 is 2.55 bits per heavy atom. The van der Waals surface area contributed by atoms with E-state index < -0.39 is 0 Å². The topological polar surface area (TPSA) is 77.5 Å². The zero-order chi connectivity index (χ0) is 21.5. The van der Waals surface area contributed by atoms with E-state index in [-0.39, 0.29) is 11.3 Å². The van der Waals surface area contributed by atoms with Gasteiger partial charge in [-0.05, 0) is 31.5 Å². The third-order valence-corrected chi connectivity index (χ3v) is 6.00. The van der Waals surface area contributed by atoms with Gasteiger partial charge in [0.25, 0.3) is 5.56 Å². The van der Waals surface area contributed by atoms with E-state index in [9.17, 15) is 9.59 Å². The number of ketones is 1. The van der Waals surface area contributed by atoms with Gasteiger partial charge in [0.05, 0.1) is 0 Å². The van der Waals surface area contributed by atoms with E-state index >= 15 is 0 Å². The molecule has 0 spiro atoms. The Bertz CT molecular complexity index is 1540. The Balaban J connectivity index is 1.49. The van der Waals surface area contributed by atoms with Crippen LogP contribution < -0.4 is 10.1 Å². The minimum absolute atomic E-state index is 0.0184. The van der Waals surface area contributed by atoms with Crippen LogP contribution in [0.4, 0.5) is 0 Å². The molecule has 0 aliphatic carbocycles. The fourth-order valence-electron chi connectivity index (χ4n) is 3.36. The van der Waals surface area contributed by atoms with Crippen molar-refractivity contribution in [3.05, 3.63) is 92.4 Å². The van der Waals surface area contributed by atoms with Crippen molar-refractivity contribution in [2.45, 2.75) is 13.8 Å². The van der Waals surface area contributed by atoms with Crippen LogP contribution in [0.2, 0.25) is 0 Å². The van der Waals surface area contributed by atoms with Crippen LogP contribution in [0, 0.1) is 6.92 Å². The van der Waals surface area contributed by atoms with Gasteiger partial charge in [0.2, 0.25) is 4.96 Å².